The SMILES string of the molecule is CCCCO[NH+](CCCC)CCCC. The van der Waals surface area contributed by atoms with Gasteiger partial charge in [-0.2, -0.15) is 5.06 Å². The molecule has 0 rings (SSSR count). The van der Waals surface area contributed by atoms with Gasteiger partial charge in [0.15, 0.2) is 0 Å². The Morgan fingerprint density at radius 1 is 0.786 bits per heavy atom. The average Bonchev–Trinajstić information content (AvgIpc) is 2.21. The van der Waals surface area contributed by atoms with Gasteiger partial charge in [0.25, 0.3) is 0 Å². The monoisotopic (exact) mass is 202 g/mol. The molecule has 0 heterocycles. The van der Waals surface area contributed by atoms with Gasteiger partial charge < -0.3 is 0 Å². The Labute approximate surface area is 89.6 Å². The Balaban J connectivity index is 3.49. The molecule has 14 heavy (non-hydrogen) atoms. The van der Waals surface area contributed by atoms with Crippen LogP contribution in [0.5, 0.6) is 0 Å². The maximum atomic E-state index is 5.80. The number of rotatable bonds is 10. The first-order valence-electron chi connectivity index (χ1n) is 6.32. The molecule has 0 atom stereocenters. The average molecular weight is 202 g/mol. The molecule has 0 aliphatic heterocycles. The first kappa shape index (κ1) is 13.9. The summed E-state index contributed by atoms with van der Waals surface area (Å²) >= 11 is 0. The normalized spacial score (nSPS) is 11.1. The van der Waals surface area contributed by atoms with Crippen molar-refractivity contribution in [3.05, 3.63) is 0 Å². The van der Waals surface area contributed by atoms with Crippen LogP contribution in [0.25, 0.3) is 0 Å². The van der Waals surface area contributed by atoms with E-state index in [1.54, 1.807) is 0 Å². The van der Waals surface area contributed by atoms with Crippen LogP contribution in [-0.2, 0) is 4.84 Å². The van der Waals surface area contributed by atoms with Crippen LogP contribution in [0, 0.1) is 0 Å². The first-order chi connectivity index (χ1) is 6.85. The van der Waals surface area contributed by atoms with Crippen molar-refractivity contribution in [3.63, 3.8) is 0 Å². The van der Waals surface area contributed by atoms with Crippen LogP contribution < -0.4 is 5.06 Å². The molecule has 0 aromatic heterocycles. The summed E-state index contributed by atoms with van der Waals surface area (Å²) in [5, 5.41) is 1.35. The van der Waals surface area contributed by atoms with Gasteiger partial charge in [-0.1, -0.05) is 40.0 Å². The van der Waals surface area contributed by atoms with Crippen LogP contribution in [0.2, 0.25) is 0 Å². The summed E-state index contributed by atoms with van der Waals surface area (Å²) in [5.41, 5.74) is 0. The Bertz CT molecular complexity index is 98.5. The van der Waals surface area contributed by atoms with Crippen molar-refractivity contribution in [2.45, 2.75) is 59.3 Å². The topological polar surface area (TPSA) is 13.7 Å². The highest BCUT2D eigenvalue weighted by Crippen LogP contribution is 1.86. The van der Waals surface area contributed by atoms with Crippen LogP contribution >= 0.6 is 0 Å². The Morgan fingerprint density at radius 3 is 1.71 bits per heavy atom. The fraction of sp³-hybridized carbons (Fsp3) is 1.00. The molecule has 2 heteroatoms. The highest BCUT2D eigenvalue weighted by Gasteiger charge is 2.07. The number of hydrogen-bond donors (Lipinski definition) is 1. The second kappa shape index (κ2) is 11.0. The molecule has 0 aromatic carbocycles. The predicted molar refractivity (Wildman–Crippen MR) is 61.4 cm³/mol. The van der Waals surface area contributed by atoms with E-state index in [0.29, 0.717) is 0 Å². The van der Waals surface area contributed by atoms with Crippen LogP contribution in [0.3, 0.4) is 0 Å². The summed E-state index contributed by atoms with van der Waals surface area (Å²) in [6.07, 6.45) is 7.53. The minimum absolute atomic E-state index is 0.930. The zero-order valence-corrected chi connectivity index (χ0v) is 10.3. The van der Waals surface area contributed by atoms with Crippen molar-refractivity contribution < 1.29 is 9.90 Å². The highest BCUT2D eigenvalue weighted by molar-refractivity contribution is 4.32. The van der Waals surface area contributed by atoms with Crippen LogP contribution in [0.15, 0.2) is 0 Å². The second-order valence-corrected chi connectivity index (χ2v) is 3.95. The molecule has 0 saturated carbocycles. The quantitative estimate of drug-likeness (QED) is 0.423. The van der Waals surface area contributed by atoms with Gasteiger partial charge in [-0.3, -0.25) is 0 Å². The maximum Gasteiger partial charge on any atom is 0.107 e. The van der Waals surface area contributed by atoms with E-state index in [2.05, 4.69) is 20.8 Å². The molecule has 0 fully saturated rings. The molecule has 0 unspecified atom stereocenters. The summed E-state index contributed by atoms with van der Waals surface area (Å²) < 4.78 is 0. The third kappa shape index (κ3) is 8.52. The molecular weight excluding hydrogens is 174 g/mol. The van der Waals surface area contributed by atoms with E-state index in [9.17, 15) is 0 Å². The number of unbranched alkanes of at least 4 members (excludes halogenated alkanes) is 3. The Hall–Kier alpha value is -0.0800. The van der Waals surface area contributed by atoms with E-state index in [0.717, 1.165) is 6.61 Å². The zero-order valence-electron chi connectivity index (χ0n) is 10.3. The molecule has 0 aliphatic rings. The first-order valence-corrected chi connectivity index (χ1v) is 6.32. The van der Waals surface area contributed by atoms with Gasteiger partial charge in [-0.05, 0) is 19.3 Å². The van der Waals surface area contributed by atoms with Gasteiger partial charge in [0, 0.05) is 0 Å². The van der Waals surface area contributed by atoms with Gasteiger partial charge in [-0.25, -0.2) is 4.84 Å². The summed E-state index contributed by atoms with van der Waals surface area (Å²) in [4.78, 5) is 5.80. The summed E-state index contributed by atoms with van der Waals surface area (Å²) in [6.45, 7) is 9.98. The Morgan fingerprint density at radius 2 is 1.29 bits per heavy atom. The predicted octanol–water partition coefficient (Wildman–Crippen LogP) is 2.20. The number of hydroxylamine groups is 2. The van der Waals surface area contributed by atoms with Gasteiger partial charge in [-0.15, -0.1) is 0 Å². The van der Waals surface area contributed by atoms with Crippen molar-refractivity contribution in [1.29, 1.82) is 0 Å². The maximum absolute atomic E-state index is 5.80. The largest absolute Gasteiger partial charge is 0.205 e. The lowest BCUT2D eigenvalue weighted by Gasteiger charge is -2.16. The third-order valence-corrected chi connectivity index (χ3v) is 2.42. The summed E-state index contributed by atoms with van der Waals surface area (Å²) in [7, 11) is 0. The molecule has 2 nitrogen and oxygen atoms in total. The lowest BCUT2D eigenvalue weighted by molar-refractivity contribution is -1.09. The van der Waals surface area contributed by atoms with E-state index >= 15 is 0 Å². The van der Waals surface area contributed by atoms with Gasteiger partial charge in [0.2, 0.25) is 0 Å². The highest BCUT2D eigenvalue weighted by atomic mass is 16.7. The number of nitrogens with one attached hydrogen (secondary N) is 1. The van der Waals surface area contributed by atoms with E-state index in [1.165, 1.54) is 56.7 Å². The molecule has 86 valence electrons. The van der Waals surface area contributed by atoms with E-state index in [4.69, 9.17) is 4.84 Å². The lowest BCUT2D eigenvalue weighted by atomic mass is 10.3. The molecule has 0 aromatic rings. The molecular formula is C12H28NO+. The fourth-order valence-electron chi connectivity index (χ4n) is 1.38. The molecule has 0 aliphatic carbocycles. The smallest absolute Gasteiger partial charge is 0.107 e. The number of quaternary nitrogens is 1. The van der Waals surface area contributed by atoms with Crippen molar-refractivity contribution >= 4 is 0 Å². The summed E-state index contributed by atoms with van der Waals surface area (Å²) in [5.74, 6) is 0. The second-order valence-electron chi connectivity index (χ2n) is 3.95. The molecule has 0 spiro atoms. The molecule has 1 N–H and O–H groups in total. The van der Waals surface area contributed by atoms with Crippen LogP contribution in [0.4, 0.5) is 0 Å². The lowest BCUT2D eigenvalue weighted by Crippen LogP contribution is -3.11. The van der Waals surface area contributed by atoms with Gasteiger partial charge in [0.1, 0.15) is 19.7 Å². The molecule has 0 amide bonds. The standard InChI is InChI=1S/C12H27NO/c1-4-7-10-13(11-8-5-2)14-12-9-6-3/h4-12H2,1-3H3/p+1. The minimum atomic E-state index is 0.930. The van der Waals surface area contributed by atoms with Crippen molar-refractivity contribution in [3.8, 4) is 0 Å². The molecule has 0 radical (unpaired) electrons. The van der Waals surface area contributed by atoms with Crippen molar-refractivity contribution in [2.24, 2.45) is 0 Å². The minimum Gasteiger partial charge on any atom is -0.205 e. The van der Waals surface area contributed by atoms with Crippen LogP contribution in [-0.4, -0.2) is 19.7 Å². The fourth-order valence-corrected chi connectivity index (χ4v) is 1.38. The van der Waals surface area contributed by atoms with Gasteiger partial charge >= 0.3 is 0 Å². The van der Waals surface area contributed by atoms with Crippen molar-refractivity contribution in [1.82, 2.24) is 0 Å². The van der Waals surface area contributed by atoms with E-state index < -0.39 is 0 Å². The number of hydrogen-bond acceptors (Lipinski definition) is 1. The van der Waals surface area contributed by atoms with Crippen LogP contribution in [0.1, 0.15) is 59.3 Å². The van der Waals surface area contributed by atoms with E-state index in [1.807, 2.05) is 0 Å². The van der Waals surface area contributed by atoms with E-state index in [-0.39, 0.29) is 0 Å². The van der Waals surface area contributed by atoms with Gasteiger partial charge in [0.05, 0.1) is 0 Å². The molecule has 0 saturated heterocycles. The third-order valence-electron chi connectivity index (χ3n) is 2.42. The Kier molecular flexibility index (Phi) is 10.9. The molecule has 0 bridgehead atoms. The summed E-state index contributed by atoms with van der Waals surface area (Å²) in [6, 6.07) is 0. The van der Waals surface area contributed by atoms with Crippen molar-refractivity contribution in [2.75, 3.05) is 19.7 Å². The zero-order chi connectivity index (χ0) is 10.6.